The van der Waals surface area contributed by atoms with E-state index in [1.54, 1.807) is 73.7 Å². The van der Waals surface area contributed by atoms with E-state index >= 15 is 0 Å². The maximum atomic E-state index is 12.1. The summed E-state index contributed by atoms with van der Waals surface area (Å²) >= 11 is 0. The van der Waals surface area contributed by atoms with Gasteiger partial charge in [0.05, 0.1) is 0 Å². The lowest BCUT2D eigenvalue weighted by Gasteiger charge is -2.12. The number of para-hydroxylation sites is 2. The third-order valence-electron chi connectivity index (χ3n) is 3.68. The normalized spacial score (nSPS) is 9.96. The molecule has 0 heterocycles. The Hall–Kier alpha value is -3.80. The average Bonchev–Trinajstić information content (AvgIpc) is 2.66. The number of rotatable bonds is 4. The molecule has 0 unspecified atom stereocenters. The molecular formula is C21H18N2O4. The van der Waals surface area contributed by atoms with Gasteiger partial charge in [0.15, 0.2) is 0 Å². The van der Waals surface area contributed by atoms with Gasteiger partial charge >= 0.3 is 12.2 Å². The summed E-state index contributed by atoms with van der Waals surface area (Å²) in [5, 5.41) is 5.26. The molecule has 3 aromatic rings. The van der Waals surface area contributed by atoms with Crippen LogP contribution in [0.3, 0.4) is 0 Å². The number of hydrogen-bond donors (Lipinski definition) is 2. The predicted molar refractivity (Wildman–Crippen MR) is 103 cm³/mol. The highest BCUT2D eigenvalue weighted by molar-refractivity contribution is 5.87. The van der Waals surface area contributed by atoms with E-state index in [4.69, 9.17) is 9.47 Å². The zero-order valence-electron chi connectivity index (χ0n) is 14.6. The van der Waals surface area contributed by atoms with Crippen molar-refractivity contribution in [2.75, 3.05) is 10.6 Å². The second-order valence-electron chi connectivity index (χ2n) is 5.64. The van der Waals surface area contributed by atoms with Gasteiger partial charge in [-0.1, -0.05) is 42.5 Å². The number of carbonyl (C=O) groups is 2. The van der Waals surface area contributed by atoms with Crippen LogP contribution >= 0.6 is 0 Å². The molecule has 3 rings (SSSR count). The van der Waals surface area contributed by atoms with Crippen molar-refractivity contribution in [3.05, 3.63) is 84.4 Å². The van der Waals surface area contributed by atoms with E-state index in [0.717, 1.165) is 0 Å². The molecule has 0 bridgehead atoms. The summed E-state index contributed by atoms with van der Waals surface area (Å²) in [6.45, 7) is 1.70. The van der Waals surface area contributed by atoms with E-state index in [1.165, 1.54) is 0 Å². The first kappa shape index (κ1) is 18.0. The van der Waals surface area contributed by atoms with Crippen LogP contribution in [-0.2, 0) is 0 Å². The molecule has 2 N–H and O–H groups in total. The Morgan fingerprint density at radius 1 is 0.630 bits per heavy atom. The lowest BCUT2D eigenvalue weighted by Crippen LogP contribution is -2.19. The SMILES string of the molecule is Cc1c(OC(=O)Nc2ccccc2)cccc1OC(=O)Nc1ccccc1. The summed E-state index contributed by atoms with van der Waals surface area (Å²) in [5.41, 5.74) is 1.77. The molecule has 0 spiro atoms. The van der Waals surface area contributed by atoms with Gasteiger partial charge in [-0.15, -0.1) is 0 Å². The summed E-state index contributed by atoms with van der Waals surface area (Å²) in [4.78, 5) is 24.1. The van der Waals surface area contributed by atoms with Gasteiger partial charge in [-0.05, 0) is 43.3 Å². The van der Waals surface area contributed by atoms with Gasteiger partial charge in [0.2, 0.25) is 0 Å². The van der Waals surface area contributed by atoms with Crippen molar-refractivity contribution in [2.24, 2.45) is 0 Å². The Balaban J connectivity index is 1.64. The third kappa shape index (κ3) is 5.09. The van der Waals surface area contributed by atoms with E-state index in [1.807, 2.05) is 12.1 Å². The number of amides is 2. The van der Waals surface area contributed by atoms with Crippen molar-refractivity contribution >= 4 is 23.6 Å². The van der Waals surface area contributed by atoms with E-state index in [0.29, 0.717) is 28.4 Å². The average molecular weight is 362 g/mol. The summed E-state index contributed by atoms with van der Waals surface area (Å²) < 4.78 is 10.7. The summed E-state index contributed by atoms with van der Waals surface area (Å²) in [6.07, 6.45) is -1.26. The molecule has 0 aromatic heterocycles. The van der Waals surface area contributed by atoms with E-state index in [-0.39, 0.29) is 0 Å². The van der Waals surface area contributed by atoms with Crippen molar-refractivity contribution in [1.29, 1.82) is 0 Å². The molecule has 0 aliphatic heterocycles. The Morgan fingerprint density at radius 2 is 1.04 bits per heavy atom. The van der Waals surface area contributed by atoms with Crippen LogP contribution in [-0.4, -0.2) is 12.2 Å². The van der Waals surface area contributed by atoms with E-state index < -0.39 is 12.2 Å². The highest BCUT2D eigenvalue weighted by Crippen LogP contribution is 2.28. The third-order valence-corrected chi connectivity index (χ3v) is 3.68. The fourth-order valence-corrected chi connectivity index (χ4v) is 2.34. The molecular weight excluding hydrogens is 344 g/mol. The van der Waals surface area contributed by atoms with Gasteiger partial charge < -0.3 is 9.47 Å². The van der Waals surface area contributed by atoms with E-state index in [9.17, 15) is 9.59 Å². The molecule has 27 heavy (non-hydrogen) atoms. The number of anilines is 2. The van der Waals surface area contributed by atoms with Crippen LogP contribution in [0.5, 0.6) is 11.5 Å². The van der Waals surface area contributed by atoms with Crippen LogP contribution in [0.4, 0.5) is 21.0 Å². The van der Waals surface area contributed by atoms with Crippen molar-refractivity contribution in [3.63, 3.8) is 0 Å². The van der Waals surface area contributed by atoms with Gasteiger partial charge in [0, 0.05) is 16.9 Å². The Labute approximate surface area is 156 Å². The molecule has 3 aromatic carbocycles. The Morgan fingerprint density at radius 3 is 1.44 bits per heavy atom. The van der Waals surface area contributed by atoms with Crippen LogP contribution in [0.2, 0.25) is 0 Å². The van der Waals surface area contributed by atoms with E-state index in [2.05, 4.69) is 10.6 Å². The smallest absolute Gasteiger partial charge is 0.410 e. The second kappa shape index (κ2) is 8.53. The zero-order chi connectivity index (χ0) is 19.1. The molecule has 2 amide bonds. The summed E-state index contributed by atoms with van der Waals surface area (Å²) in [5.74, 6) is 0.599. The van der Waals surface area contributed by atoms with Crippen molar-refractivity contribution in [1.82, 2.24) is 0 Å². The van der Waals surface area contributed by atoms with Gasteiger partial charge in [-0.2, -0.15) is 0 Å². The van der Waals surface area contributed by atoms with Crippen LogP contribution in [0.15, 0.2) is 78.9 Å². The fraction of sp³-hybridized carbons (Fsp3) is 0.0476. The number of nitrogens with one attached hydrogen (secondary N) is 2. The monoisotopic (exact) mass is 362 g/mol. The van der Waals surface area contributed by atoms with Crippen LogP contribution < -0.4 is 20.1 Å². The molecule has 6 nitrogen and oxygen atoms in total. The van der Waals surface area contributed by atoms with Crippen LogP contribution in [0, 0.1) is 6.92 Å². The first-order chi connectivity index (χ1) is 13.1. The lowest BCUT2D eigenvalue weighted by molar-refractivity contribution is 0.213. The summed E-state index contributed by atoms with van der Waals surface area (Å²) in [6, 6.07) is 22.8. The molecule has 0 fully saturated rings. The van der Waals surface area contributed by atoms with Crippen molar-refractivity contribution < 1.29 is 19.1 Å². The number of carbonyl (C=O) groups excluding carboxylic acids is 2. The minimum absolute atomic E-state index is 0.299. The molecule has 0 radical (unpaired) electrons. The molecule has 0 atom stereocenters. The van der Waals surface area contributed by atoms with Gasteiger partial charge in [-0.25, -0.2) is 9.59 Å². The maximum Gasteiger partial charge on any atom is 0.417 e. The number of ether oxygens (including phenoxy) is 2. The molecule has 0 saturated heterocycles. The lowest BCUT2D eigenvalue weighted by atomic mass is 10.2. The molecule has 136 valence electrons. The molecule has 0 saturated carbocycles. The first-order valence-electron chi connectivity index (χ1n) is 8.29. The highest BCUT2D eigenvalue weighted by atomic mass is 16.6. The standard InChI is InChI=1S/C21H18N2O4/c1-15-18(26-20(24)22-16-9-4-2-5-10-16)13-8-14-19(15)27-21(25)23-17-11-6-3-7-12-17/h2-14H,1H3,(H,22,24)(H,23,25). The topological polar surface area (TPSA) is 76.7 Å². The second-order valence-corrected chi connectivity index (χ2v) is 5.64. The largest absolute Gasteiger partial charge is 0.417 e. The number of hydrogen-bond acceptors (Lipinski definition) is 4. The molecule has 6 heteroatoms. The van der Waals surface area contributed by atoms with Crippen molar-refractivity contribution in [2.45, 2.75) is 6.92 Å². The Kier molecular flexibility index (Phi) is 5.69. The zero-order valence-corrected chi connectivity index (χ0v) is 14.6. The molecule has 0 aliphatic carbocycles. The van der Waals surface area contributed by atoms with Crippen LogP contribution in [0.1, 0.15) is 5.56 Å². The van der Waals surface area contributed by atoms with Crippen LogP contribution in [0.25, 0.3) is 0 Å². The Bertz CT molecular complexity index is 854. The molecule has 0 aliphatic rings. The highest BCUT2D eigenvalue weighted by Gasteiger charge is 2.13. The number of benzene rings is 3. The summed E-state index contributed by atoms with van der Waals surface area (Å²) in [7, 11) is 0. The quantitative estimate of drug-likeness (QED) is 0.667. The minimum atomic E-state index is -0.629. The van der Waals surface area contributed by atoms with Crippen molar-refractivity contribution in [3.8, 4) is 11.5 Å². The predicted octanol–water partition coefficient (Wildman–Crippen LogP) is 5.22. The minimum Gasteiger partial charge on any atom is -0.410 e. The fourth-order valence-electron chi connectivity index (χ4n) is 2.34. The maximum absolute atomic E-state index is 12.1. The van der Waals surface area contributed by atoms with Gasteiger partial charge in [-0.3, -0.25) is 10.6 Å². The first-order valence-corrected chi connectivity index (χ1v) is 8.29. The van der Waals surface area contributed by atoms with Gasteiger partial charge in [0.1, 0.15) is 11.5 Å². The van der Waals surface area contributed by atoms with Gasteiger partial charge in [0.25, 0.3) is 0 Å².